The molecule has 1 amide bonds. The van der Waals surface area contributed by atoms with Crippen LogP contribution in [0.1, 0.15) is 57.8 Å². The van der Waals surface area contributed by atoms with Gasteiger partial charge < -0.3 is 10.2 Å². The molecule has 0 aromatic heterocycles. The van der Waals surface area contributed by atoms with E-state index in [2.05, 4.69) is 10.2 Å². The monoisotopic (exact) mass is 314 g/mol. The van der Waals surface area contributed by atoms with Crippen LogP contribution in [-0.2, 0) is 4.79 Å². The topological polar surface area (TPSA) is 32.3 Å². The highest BCUT2D eigenvalue weighted by molar-refractivity contribution is 5.85. The van der Waals surface area contributed by atoms with Crippen LogP contribution in [0.3, 0.4) is 0 Å². The number of carbonyl (C=O) groups excluding carboxylic acids is 1. The van der Waals surface area contributed by atoms with Crippen LogP contribution in [0.25, 0.3) is 0 Å². The van der Waals surface area contributed by atoms with Crippen LogP contribution in [0.5, 0.6) is 0 Å². The van der Waals surface area contributed by atoms with Gasteiger partial charge in [-0.25, -0.2) is 0 Å². The Morgan fingerprint density at radius 3 is 2.57 bits per heavy atom. The zero-order valence-corrected chi connectivity index (χ0v) is 14.2. The molecule has 3 fully saturated rings. The fourth-order valence-electron chi connectivity index (χ4n) is 4.91. The molecule has 4 atom stereocenters. The van der Waals surface area contributed by atoms with E-state index >= 15 is 0 Å². The van der Waals surface area contributed by atoms with Gasteiger partial charge in [-0.15, -0.1) is 12.4 Å². The van der Waals surface area contributed by atoms with Crippen molar-refractivity contribution >= 4 is 18.3 Å². The van der Waals surface area contributed by atoms with Crippen molar-refractivity contribution in [1.82, 2.24) is 10.2 Å². The summed E-state index contributed by atoms with van der Waals surface area (Å²) in [4.78, 5) is 15.1. The van der Waals surface area contributed by atoms with Crippen LogP contribution in [0.2, 0.25) is 0 Å². The lowest BCUT2D eigenvalue weighted by Gasteiger charge is -2.40. The second kappa shape index (κ2) is 7.82. The summed E-state index contributed by atoms with van der Waals surface area (Å²) in [6, 6.07) is 0.455. The van der Waals surface area contributed by atoms with Gasteiger partial charge >= 0.3 is 0 Å². The first-order chi connectivity index (χ1) is 9.79. The normalized spacial score (nSPS) is 36.0. The van der Waals surface area contributed by atoms with E-state index in [1.165, 1.54) is 51.4 Å². The number of likely N-dealkylation sites (tertiary alicyclic amines) is 1. The maximum atomic E-state index is 12.9. The quantitative estimate of drug-likeness (QED) is 0.867. The standard InChI is InChI=1S/C17H30N2O.ClH/c1-18-12-16-7-4-10-19(16)17(20)15-9-8-13-5-2-3-6-14(13)11-15;/h13-16,18H,2-12H2,1H3;1H. The van der Waals surface area contributed by atoms with Crippen molar-refractivity contribution in [3.8, 4) is 0 Å². The Hall–Kier alpha value is -0.280. The highest BCUT2D eigenvalue weighted by atomic mass is 35.5. The van der Waals surface area contributed by atoms with Crippen molar-refractivity contribution in [3.63, 3.8) is 0 Å². The van der Waals surface area contributed by atoms with Gasteiger partial charge in [0.15, 0.2) is 0 Å². The Morgan fingerprint density at radius 2 is 1.81 bits per heavy atom. The maximum absolute atomic E-state index is 12.9. The molecule has 3 nitrogen and oxygen atoms in total. The summed E-state index contributed by atoms with van der Waals surface area (Å²) in [5, 5.41) is 3.25. The van der Waals surface area contributed by atoms with E-state index in [-0.39, 0.29) is 12.4 Å². The van der Waals surface area contributed by atoms with Gasteiger partial charge in [0, 0.05) is 25.0 Å². The molecule has 4 heteroatoms. The van der Waals surface area contributed by atoms with Gasteiger partial charge in [0.2, 0.25) is 5.91 Å². The second-order valence-electron chi connectivity index (χ2n) is 7.20. The molecule has 2 saturated carbocycles. The number of nitrogens with zero attached hydrogens (tertiary/aromatic N) is 1. The molecule has 3 rings (SSSR count). The van der Waals surface area contributed by atoms with Gasteiger partial charge in [-0.3, -0.25) is 4.79 Å². The summed E-state index contributed by atoms with van der Waals surface area (Å²) < 4.78 is 0. The van der Waals surface area contributed by atoms with Crippen LogP contribution < -0.4 is 5.32 Å². The number of fused-ring (bicyclic) bond motifs is 1. The summed E-state index contributed by atoms with van der Waals surface area (Å²) in [5.41, 5.74) is 0. The molecule has 122 valence electrons. The summed E-state index contributed by atoms with van der Waals surface area (Å²) >= 11 is 0. The van der Waals surface area contributed by atoms with E-state index < -0.39 is 0 Å². The van der Waals surface area contributed by atoms with Crippen molar-refractivity contribution in [1.29, 1.82) is 0 Å². The number of halogens is 1. The fraction of sp³-hybridized carbons (Fsp3) is 0.941. The molecule has 0 bridgehead atoms. The van der Waals surface area contributed by atoms with E-state index in [9.17, 15) is 4.79 Å². The fourth-order valence-corrected chi connectivity index (χ4v) is 4.91. The SMILES string of the molecule is CNCC1CCCN1C(=O)C1CCC2CCCCC2C1.Cl. The van der Waals surface area contributed by atoms with E-state index in [0.717, 1.165) is 31.3 Å². The predicted molar refractivity (Wildman–Crippen MR) is 88.7 cm³/mol. The number of carbonyl (C=O) groups is 1. The van der Waals surface area contributed by atoms with Crippen LogP contribution in [0.15, 0.2) is 0 Å². The van der Waals surface area contributed by atoms with Crippen LogP contribution in [0, 0.1) is 17.8 Å². The van der Waals surface area contributed by atoms with E-state index in [0.29, 0.717) is 17.9 Å². The minimum Gasteiger partial charge on any atom is -0.338 e. The van der Waals surface area contributed by atoms with Crippen LogP contribution >= 0.6 is 12.4 Å². The first-order valence-electron chi connectivity index (χ1n) is 8.74. The third-order valence-corrected chi connectivity index (χ3v) is 5.99. The predicted octanol–water partition coefficient (Wildman–Crippen LogP) is 3.23. The molecule has 2 aliphatic carbocycles. The largest absolute Gasteiger partial charge is 0.338 e. The minimum absolute atomic E-state index is 0. The summed E-state index contributed by atoms with van der Waals surface area (Å²) in [5.74, 6) is 2.62. The van der Waals surface area contributed by atoms with Gasteiger partial charge in [-0.1, -0.05) is 25.7 Å². The van der Waals surface area contributed by atoms with Crippen LogP contribution in [-0.4, -0.2) is 37.0 Å². The molecule has 3 aliphatic rings. The number of hydrogen-bond acceptors (Lipinski definition) is 2. The Balaban J connectivity index is 0.00000161. The van der Waals surface area contributed by atoms with Gasteiger partial charge in [0.25, 0.3) is 0 Å². The first-order valence-corrected chi connectivity index (χ1v) is 8.74. The molecule has 0 aromatic carbocycles. The highest BCUT2D eigenvalue weighted by Gasteiger charge is 2.38. The highest BCUT2D eigenvalue weighted by Crippen LogP contribution is 2.43. The average Bonchev–Trinajstić information content (AvgIpc) is 2.94. The number of likely N-dealkylation sites (N-methyl/N-ethyl adjacent to an activating group) is 1. The van der Waals surface area contributed by atoms with Gasteiger partial charge in [-0.05, 0) is 51.0 Å². The molecule has 1 aliphatic heterocycles. The Labute approximate surface area is 135 Å². The number of amides is 1. The maximum Gasteiger partial charge on any atom is 0.225 e. The number of rotatable bonds is 3. The molecule has 0 radical (unpaired) electrons. The minimum atomic E-state index is 0. The Kier molecular flexibility index (Phi) is 6.36. The summed E-state index contributed by atoms with van der Waals surface area (Å²) in [7, 11) is 1.99. The average molecular weight is 315 g/mol. The second-order valence-corrected chi connectivity index (χ2v) is 7.20. The molecule has 1 heterocycles. The lowest BCUT2D eigenvalue weighted by Crippen LogP contribution is -2.45. The van der Waals surface area contributed by atoms with E-state index in [1.54, 1.807) is 0 Å². The zero-order valence-electron chi connectivity index (χ0n) is 13.4. The third-order valence-electron chi connectivity index (χ3n) is 5.99. The molecule has 0 aromatic rings. The summed E-state index contributed by atoms with van der Waals surface area (Å²) in [6.07, 6.45) is 11.7. The third kappa shape index (κ3) is 3.73. The van der Waals surface area contributed by atoms with E-state index in [1.807, 2.05) is 7.05 Å². The van der Waals surface area contributed by atoms with Crippen LogP contribution in [0.4, 0.5) is 0 Å². The summed E-state index contributed by atoms with van der Waals surface area (Å²) in [6.45, 7) is 1.96. The molecule has 1 saturated heterocycles. The first kappa shape index (κ1) is 17.1. The van der Waals surface area contributed by atoms with Crippen molar-refractivity contribution in [2.45, 2.75) is 63.8 Å². The zero-order chi connectivity index (χ0) is 13.9. The smallest absolute Gasteiger partial charge is 0.225 e. The Morgan fingerprint density at radius 1 is 1.05 bits per heavy atom. The molecule has 0 spiro atoms. The molecular weight excluding hydrogens is 284 g/mol. The molecule has 4 unspecified atom stereocenters. The van der Waals surface area contributed by atoms with Crippen molar-refractivity contribution in [2.24, 2.45) is 17.8 Å². The molecule has 1 N–H and O–H groups in total. The van der Waals surface area contributed by atoms with Crippen molar-refractivity contribution in [2.75, 3.05) is 20.1 Å². The van der Waals surface area contributed by atoms with E-state index in [4.69, 9.17) is 0 Å². The van der Waals surface area contributed by atoms with Crippen molar-refractivity contribution < 1.29 is 4.79 Å². The molecule has 21 heavy (non-hydrogen) atoms. The number of hydrogen-bond donors (Lipinski definition) is 1. The Bertz CT molecular complexity index is 350. The lowest BCUT2D eigenvalue weighted by molar-refractivity contribution is -0.138. The number of nitrogens with one attached hydrogen (secondary N) is 1. The van der Waals surface area contributed by atoms with Gasteiger partial charge in [0.05, 0.1) is 0 Å². The van der Waals surface area contributed by atoms with Gasteiger partial charge in [-0.2, -0.15) is 0 Å². The molecular formula is C17H31ClN2O. The lowest BCUT2D eigenvalue weighted by atomic mass is 9.67. The van der Waals surface area contributed by atoms with Gasteiger partial charge in [0.1, 0.15) is 0 Å². The van der Waals surface area contributed by atoms with Crippen molar-refractivity contribution in [3.05, 3.63) is 0 Å².